The monoisotopic (exact) mass is 207 g/mol. The molecule has 3 heteroatoms. The van der Waals surface area contributed by atoms with Crippen molar-refractivity contribution in [2.45, 2.75) is 6.42 Å². The van der Waals surface area contributed by atoms with Gasteiger partial charge < -0.3 is 5.32 Å². The van der Waals surface area contributed by atoms with Crippen molar-refractivity contribution < 1.29 is 8.78 Å². The zero-order valence-electron chi connectivity index (χ0n) is 8.19. The molecule has 1 aromatic carbocycles. The highest BCUT2D eigenvalue weighted by atomic mass is 19.1. The molecule has 0 atom stereocenters. The summed E-state index contributed by atoms with van der Waals surface area (Å²) in [5, 5.41) is 3.20. The number of hydrogen-bond donors (Lipinski definition) is 1. The van der Waals surface area contributed by atoms with Crippen LogP contribution < -0.4 is 5.32 Å². The lowest BCUT2D eigenvalue weighted by molar-refractivity contribution is 0.225. The predicted molar refractivity (Wildman–Crippen MR) is 54.3 cm³/mol. The van der Waals surface area contributed by atoms with Crippen molar-refractivity contribution in [1.82, 2.24) is 5.32 Å². The Balaban J connectivity index is 1.92. The molecular formula is C12H11F2N. The van der Waals surface area contributed by atoms with Gasteiger partial charge in [0.2, 0.25) is 0 Å². The van der Waals surface area contributed by atoms with Crippen molar-refractivity contribution in [2.24, 2.45) is 5.41 Å². The highest BCUT2D eigenvalue weighted by Crippen LogP contribution is 2.47. The molecule has 78 valence electrons. The predicted octanol–water partition coefficient (Wildman–Crippen LogP) is 2.34. The first-order valence-corrected chi connectivity index (χ1v) is 5.06. The number of halogens is 2. The van der Waals surface area contributed by atoms with Gasteiger partial charge in [-0.2, -0.15) is 0 Å². The number of benzene rings is 1. The van der Waals surface area contributed by atoms with Gasteiger partial charge in [0.05, 0.1) is 0 Å². The van der Waals surface area contributed by atoms with Crippen LogP contribution in [0.1, 0.15) is 12.0 Å². The molecule has 1 aromatic rings. The molecule has 1 nitrogen and oxygen atoms in total. The van der Waals surface area contributed by atoms with E-state index in [-0.39, 0.29) is 5.41 Å². The normalized spacial score (nSPS) is 21.9. The summed E-state index contributed by atoms with van der Waals surface area (Å²) in [7, 11) is 0. The maximum Gasteiger partial charge on any atom is 0.133 e. The Morgan fingerprint density at radius 1 is 1.20 bits per heavy atom. The Bertz CT molecular complexity index is 447. The average molecular weight is 207 g/mol. The van der Waals surface area contributed by atoms with E-state index in [9.17, 15) is 8.78 Å². The summed E-state index contributed by atoms with van der Waals surface area (Å²) in [6.07, 6.45) is 3.02. The van der Waals surface area contributed by atoms with Gasteiger partial charge in [-0.3, -0.25) is 0 Å². The van der Waals surface area contributed by atoms with E-state index in [1.807, 2.05) is 0 Å². The molecule has 0 aromatic heterocycles. The molecule has 0 unspecified atom stereocenters. The molecule has 1 fully saturated rings. The summed E-state index contributed by atoms with van der Waals surface area (Å²) in [5.41, 5.74) is 1.83. The van der Waals surface area contributed by atoms with Gasteiger partial charge in [0.15, 0.2) is 0 Å². The van der Waals surface area contributed by atoms with Crippen molar-refractivity contribution in [2.75, 3.05) is 13.1 Å². The Hall–Kier alpha value is -1.22. The third-order valence-corrected chi connectivity index (χ3v) is 3.25. The van der Waals surface area contributed by atoms with Gasteiger partial charge in [0, 0.05) is 30.1 Å². The third kappa shape index (κ3) is 1.30. The van der Waals surface area contributed by atoms with E-state index in [1.165, 1.54) is 12.1 Å². The van der Waals surface area contributed by atoms with Crippen molar-refractivity contribution >= 4 is 5.57 Å². The first-order chi connectivity index (χ1) is 7.19. The van der Waals surface area contributed by atoms with Crippen LogP contribution in [0.15, 0.2) is 24.3 Å². The standard InChI is InChI=1S/C12H11F2N/c13-9-1-2-10(11(14)3-9)8-4-12(5-8)6-15-7-12/h1-4,15H,5-7H2. The van der Waals surface area contributed by atoms with E-state index < -0.39 is 11.6 Å². The molecule has 2 aliphatic rings. The Morgan fingerprint density at radius 2 is 1.93 bits per heavy atom. The van der Waals surface area contributed by atoms with Gasteiger partial charge in [-0.1, -0.05) is 6.08 Å². The van der Waals surface area contributed by atoms with E-state index in [4.69, 9.17) is 0 Å². The molecule has 15 heavy (non-hydrogen) atoms. The molecule has 1 spiro atoms. The molecule has 0 amide bonds. The fraction of sp³-hybridized carbons (Fsp3) is 0.333. The minimum Gasteiger partial charge on any atom is -0.315 e. The molecule has 3 rings (SSSR count). The largest absolute Gasteiger partial charge is 0.315 e. The van der Waals surface area contributed by atoms with Crippen molar-refractivity contribution in [3.8, 4) is 0 Å². The maximum absolute atomic E-state index is 13.4. The average Bonchev–Trinajstić information content (AvgIpc) is 2.03. The van der Waals surface area contributed by atoms with Crippen LogP contribution in [0.2, 0.25) is 0 Å². The van der Waals surface area contributed by atoms with Gasteiger partial charge in [-0.05, 0) is 24.1 Å². The zero-order chi connectivity index (χ0) is 10.5. The van der Waals surface area contributed by atoms with Crippen LogP contribution in [0.25, 0.3) is 5.57 Å². The SMILES string of the molecule is Fc1ccc(C2=CC3(CNC3)C2)c(F)c1. The Kier molecular flexibility index (Phi) is 1.74. The quantitative estimate of drug-likeness (QED) is 0.745. The molecule has 0 saturated carbocycles. The second kappa shape index (κ2) is 2.89. The topological polar surface area (TPSA) is 12.0 Å². The minimum absolute atomic E-state index is 0.274. The van der Waals surface area contributed by atoms with Crippen LogP contribution in [0.4, 0.5) is 8.78 Å². The molecule has 1 N–H and O–H groups in total. The Morgan fingerprint density at radius 3 is 2.47 bits per heavy atom. The number of nitrogens with one attached hydrogen (secondary N) is 1. The molecule has 1 aliphatic heterocycles. The lowest BCUT2D eigenvalue weighted by Crippen LogP contribution is -2.55. The van der Waals surface area contributed by atoms with Crippen LogP contribution in [0.3, 0.4) is 0 Å². The summed E-state index contributed by atoms with van der Waals surface area (Å²) in [6.45, 7) is 1.97. The molecule has 0 radical (unpaired) electrons. The summed E-state index contributed by atoms with van der Waals surface area (Å²) in [6, 6.07) is 3.78. The third-order valence-electron chi connectivity index (χ3n) is 3.25. The molecule has 0 bridgehead atoms. The first kappa shape index (κ1) is 9.04. The minimum atomic E-state index is -0.517. The van der Waals surface area contributed by atoms with Crippen molar-refractivity contribution in [3.05, 3.63) is 41.5 Å². The smallest absolute Gasteiger partial charge is 0.133 e. The van der Waals surface area contributed by atoms with Gasteiger partial charge in [0.1, 0.15) is 11.6 Å². The van der Waals surface area contributed by atoms with Crippen LogP contribution in [0, 0.1) is 17.0 Å². The van der Waals surface area contributed by atoms with E-state index in [0.29, 0.717) is 5.56 Å². The maximum atomic E-state index is 13.4. The van der Waals surface area contributed by atoms with Crippen molar-refractivity contribution in [3.63, 3.8) is 0 Å². The van der Waals surface area contributed by atoms with E-state index >= 15 is 0 Å². The van der Waals surface area contributed by atoms with Gasteiger partial charge in [-0.25, -0.2) is 8.78 Å². The lowest BCUT2D eigenvalue weighted by Gasteiger charge is -2.47. The zero-order valence-corrected chi connectivity index (χ0v) is 8.19. The van der Waals surface area contributed by atoms with E-state index in [1.54, 1.807) is 0 Å². The highest BCUT2D eigenvalue weighted by Gasteiger charge is 2.42. The molecule has 1 aliphatic carbocycles. The first-order valence-electron chi connectivity index (χ1n) is 5.06. The fourth-order valence-corrected chi connectivity index (χ4v) is 2.32. The van der Waals surface area contributed by atoms with Crippen LogP contribution >= 0.6 is 0 Å². The fourth-order valence-electron chi connectivity index (χ4n) is 2.32. The van der Waals surface area contributed by atoms with Crippen LogP contribution in [-0.4, -0.2) is 13.1 Å². The number of hydrogen-bond acceptors (Lipinski definition) is 1. The van der Waals surface area contributed by atoms with E-state index in [2.05, 4.69) is 11.4 Å². The summed E-state index contributed by atoms with van der Waals surface area (Å²) in [4.78, 5) is 0. The van der Waals surface area contributed by atoms with Gasteiger partial charge >= 0.3 is 0 Å². The molecule has 1 heterocycles. The van der Waals surface area contributed by atoms with Crippen LogP contribution in [0.5, 0.6) is 0 Å². The molecule has 1 saturated heterocycles. The van der Waals surface area contributed by atoms with Crippen molar-refractivity contribution in [1.29, 1.82) is 0 Å². The summed E-state index contributed by atoms with van der Waals surface area (Å²) in [5.74, 6) is -0.973. The second-order valence-corrected chi connectivity index (χ2v) is 4.44. The number of allylic oxidation sites excluding steroid dienone is 1. The highest BCUT2D eigenvalue weighted by molar-refractivity contribution is 5.73. The molecular weight excluding hydrogens is 196 g/mol. The van der Waals surface area contributed by atoms with Gasteiger partial charge in [-0.15, -0.1) is 0 Å². The lowest BCUT2D eigenvalue weighted by atomic mass is 9.65. The van der Waals surface area contributed by atoms with Crippen LogP contribution in [-0.2, 0) is 0 Å². The number of rotatable bonds is 1. The summed E-state index contributed by atoms with van der Waals surface area (Å²) < 4.78 is 26.1. The van der Waals surface area contributed by atoms with Gasteiger partial charge in [0.25, 0.3) is 0 Å². The summed E-state index contributed by atoms with van der Waals surface area (Å²) >= 11 is 0. The Labute approximate surface area is 86.8 Å². The second-order valence-electron chi connectivity index (χ2n) is 4.44. The van der Waals surface area contributed by atoms with E-state index in [0.717, 1.165) is 31.1 Å².